The molecule has 120 valence electrons. The second kappa shape index (κ2) is 7.71. The minimum absolute atomic E-state index is 0.163. The average molecular weight is 301 g/mol. The third-order valence-corrected chi connectivity index (χ3v) is 3.24. The van der Waals surface area contributed by atoms with Crippen molar-refractivity contribution in [2.45, 2.75) is 52.4 Å². The Labute approximate surface area is 125 Å². The molecule has 0 aliphatic carbocycles. The summed E-state index contributed by atoms with van der Waals surface area (Å²) < 4.78 is 29.3. The molecule has 0 aliphatic rings. The maximum atomic E-state index is 12.4. The van der Waals surface area contributed by atoms with Gasteiger partial charge >= 0.3 is 6.61 Å². The van der Waals surface area contributed by atoms with E-state index < -0.39 is 12.2 Å². The lowest BCUT2D eigenvalue weighted by molar-refractivity contribution is -0.0507. The van der Waals surface area contributed by atoms with E-state index in [1.807, 2.05) is 20.8 Å². The number of benzene rings is 1. The highest BCUT2D eigenvalue weighted by atomic mass is 19.3. The summed E-state index contributed by atoms with van der Waals surface area (Å²) in [7, 11) is 0. The summed E-state index contributed by atoms with van der Waals surface area (Å²) in [5.41, 5.74) is -0.181. The molecule has 0 radical (unpaired) electrons. The maximum Gasteiger partial charge on any atom is 0.387 e. The molecule has 2 N–H and O–H groups in total. The van der Waals surface area contributed by atoms with Crippen LogP contribution in [0.5, 0.6) is 5.75 Å². The van der Waals surface area contributed by atoms with Crippen LogP contribution in [0.4, 0.5) is 8.78 Å². The second-order valence-electron chi connectivity index (χ2n) is 6.11. The number of hydrogen-bond donors (Lipinski definition) is 2. The lowest BCUT2D eigenvalue weighted by Gasteiger charge is -2.28. The van der Waals surface area contributed by atoms with Crippen LogP contribution in [0.15, 0.2) is 24.3 Å². The minimum atomic E-state index is -2.85. The molecule has 0 amide bonds. The molecule has 0 spiro atoms. The molecule has 0 fully saturated rings. The van der Waals surface area contributed by atoms with Crippen molar-refractivity contribution >= 4 is 0 Å². The van der Waals surface area contributed by atoms with Gasteiger partial charge in [0.25, 0.3) is 0 Å². The zero-order chi connectivity index (χ0) is 16.0. The lowest BCUT2D eigenvalue weighted by atomic mass is 9.94. The Morgan fingerprint density at radius 2 is 1.86 bits per heavy atom. The summed E-state index contributed by atoms with van der Waals surface area (Å²) in [5, 5.41) is 13.5. The number of hydrogen-bond acceptors (Lipinski definition) is 3. The monoisotopic (exact) mass is 301 g/mol. The van der Waals surface area contributed by atoms with Gasteiger partial charge in [-0.15, -0.1) is 0 Å². The largest absolute Gasteiger partial charge is 0.434 e. The summed E-state index contributed by atoms with van der Waals surface area (Å²) in [6.07, 6.45) is 0.669. The van der Waals surface area contributed by atoms with E-state index in [0.717, 1.165) is 0 Å². The van der Waals surface area contributed by atoms with Crippen LogP contribution in [0.1, 0.15) is 45.7 Å². The van der Waals surface area contributed by atoms with Gasteiger partial charge in [-0.2, -0.15) is 8.78 Å². The summed E-state index contributed by atoms with van der Waals surface area (Å²) in [4.78, 5) is 0. The zero-order valence-electron chi connectivity index (χ0n) is 13.1. The first-order chi connectivity index (χ1) is 9.71. The molecular formula is C16H25F2NO2. The number of nitrogens with one attached hydrogen (secondary N) is 1. The molecule has 1 aromatic carbocycles. The fourth-order valence-electron chi connectivity index (χ4n) is 2.48. The Bertz CT molecular complexity index is 436. The molecule has 21 heavy (non-hydrogen) atoms. The smallest absolute Gasteiger partial charge is 0.387 e. The van der Waals surface area contributed by atoms with E-state index in [9.17, 15) is 13.9 Å². The van der Waals surface area contributed by atoms with E-state index in [4.69, 9.17) is 0 Å². The Morgan fingerprint density at radius 3 is 2.43 bits per heavy atom. The Balaban J connectivity index is 2.69. The molecule has 0 saturated carbocycles. The zero-order valence-corrected chi connectivity index (χ0v) is 13.1. The topological polar surface area (TPSA) is 41.5 Å². The fraction of sp³-hybridized carbons (Fsp3) is 0.625. The summed E-state index contributed by atoms with van der Waals surface area (Å²) in [6.45, 7) is 5.26. The van der Waals surface area contributed by atoms with Crippen LogP contribution in [0.3, 0.4) is 0 Å². The van der Waals surface area contributed by atoms with Gasteiger partial charge in [0.1, 0.15) is 5.75 Å². The van der Waals surface area contributed by atoms with Gasteiger partial charge in [-0.1, -0.05) is 32.0 Å². The molecule has 0 saturated heterocycles. The molecule has 0 aromatic heterocycles. The van der Waals surface area contributed by atoms with Crippen LogP contribution >= 0.6 is 0 Å². The quantitative estimate of drug-likeness (QED) is 0.768. The normalized spacial score (nSPS) is 16.0. The van der Waals surface area contributed by atoms with Gasteiger partial charge in [0.15, 0.2) is 0 Å². The van der Waals surface area contributed by atoms with E-state index in [1.54, 1.807) is 25.1 Å². The minimum Gasteiger partial charge on any atom is -0.434 e. The van der Waals surface area contributed by atoms with Gasteiger partial charge in [0.2, 0.25) is 0 Å². The summed E-state index contributed by atoms with van der Waals surface area (Å²) >= 11 is 0. The molecule has 5 heteroatoms. The van der Waals surface area contributed by atoms with Crippen molar-refractivity contribution in [2.75, 3.05) is 6.54 Å². The Hall–Kier alpha value is -1.20. The van der Waals surface area contributed by atoms with Gasteiger partial charge in [-0.25, -0.2) is 0 Å². The number of ether oxygens (including phenoxy) is 1. The first-order valence-corrected chi connectivity index (χ1v) is 7.21. The van der Waals surface area contributed by atoms with Gasteiger partial charge in [0.05, 0.1) is 5.60 Å². The SMILES string of the molecule is CC(C)CC(C)(O)CNC(C)c1ccccc1OC(F)F. The highest BCUT2D eigenvalue weighted by molar-refractivity contribution is 5.35. The third-order valence-electron chi connectivity index (χ3n) is 3.24. The number of rotatable bonds is 8. The standard InChI is InChI=1S/C16H25F2NO2/c1-11(2)9-16(4,20)10-19-12(3)13-7-5-6-8-14(13)21-15(17)18/h5-8,11-12,15,19-20H,9-10H2,1-4H3. The van der Waals surface area contributed by atoms with Crippen LogP contribution in [0.2, 0.25) is 0 Å². The first-order valence-electron chi connectivity index (χ1n) is 7.21. The van der Waals surface area contributed by atoms with Crippen molar-refractivity contribution in [2.24, 2.45) is 5.92 Å². The molecule has 2 unspecified atom stereocenters. The predicted molar refractivity (Wildman–Crippen MR) is 79.6 cm³/mol. The highest BCUT2D eigenvalue weighted by Crippen LogP contribution is 2.27. The first kappa shape index (κ1) is 17.9. The van der Waals surface area contributed by atoms with Crippen LogP contribution in [-0.4, -0.2) is 23.9 Å². The molecule has 3 nitrogen and oxygen atoms in total. The molecule has 0 heterocycles. The van der Waals surface area contributed by atoms with Crippen molar-refractivity contribution in [3.63, 3.8) is 0 Å². The molecule has 2 atom stereocenters. The molecule has 1 aromatic rings. The number of alkyl halides is 2. The van der Waals surface area contributed by atoms with Crippen molar-refractivity contribution < 1.29 is 18.6 Å². The third kappa shape index (κ3) is 6.40. The van der Waals surface area contributed by atoms with Crippen LogP contribution in [-0.2, 0) is 0 Å². The van der Waals surface area contributed by atoms with Crippen molar-refractivity contribution in [1.82, 2.24) is 5.32 Å². The number of halogens is 2. The Kier molecular flexibility index (Phi) is 6.55. The van der Waals surface area contributed by atoms with Crippen LogP contribution in [0.25, 0.3) is 0 Å². The molecule has 1 rings (SSSR count). The van der Waals surface area contributed by atoms with Crippen LogP contribution < -0.4 is 10.1 Å². The highest BCUT2D eigenvalue weighted by Gasteiger charge is 2.23. The lowest BCUT2D eigenvalue weighted by Crippen LogP contribution is -2.40. The van der Waals surface area contributed by atoms with Crippen molar-refractivity contribution in [1.29, 1.82) is 0 Å². The molecule has 0 aliphatic heterocycles. The molecule has 0 bridgehead atoms. The number of aliphatic hydroxyl groups is 1. The summed E-state index contributed by atoms with van der Waals surface area (Å²) in [5.74, 6) is 0.544. The van der Waals surface area contributed by atoms with E-state index >= 15 is 0 Å². The van der Waals surface area contributed by atoms with Gasteiger partial charge in [-0.3, -0.25) is 0 Å². The van der Waals surface area contributed by atoms with E-state index in [0.29, 0.717) is 24.4 Å². The van der Waals surface area contributed by atoms with Gasteiger partial charge < -0.3 is 15.2 Å². The van der Waals surface area contributed by atoms with E-state index in [-0.39, 0.29) is 11.8 Å². The average Bonchev–Trinajstić information content (AvgIpc) is 2.34. The van der Waals surface area contributed by atoms with E-state index in [1.165, 1.54) is 6.07 Å². The van der Waals surface area contributed by atoms with Gasteiger partial charge in [0, 0.05) is 18.2 Å². The van der Waals surface area contributed by atoms with Crippen molar-refractivity contribution in [3.05, 3.63) is 29.8 Å². The maximum absolute atomic E-state index is 12.4. The Morgan fingerprint density at radius 1 is 1.24 bits per heavy atom. The van der Waals surface area contributed by atoms with Crippen molar-refractivity contribution in [3.8, 4) is 5.75 Å². The number of para-hydroxylation sites is 1. The second-order valence-corrected chi connectivity index (χ2v) is 6.11. The molecular weight excluding hydrogens is 276 g/mol. The van der Waals surface area contributed by atoms with E-state index in [2.05, 4.69) is 10.1 Å². The predicted octanol–water partition coefficient (Wildman–Crippen LogP) is 3.74. The van der Waals surface area contributed by atoms with Crippen LogP contribution in [0, 0.1) is 5.92 Å². The fourth-order valence-corrected chi connectivity index (χ4v) is 2.48. The summed E-state index contributed by atoms with van der Waals surface area (Å²) in [6, 6.07) is 6.50. The van der Waals surface area contributed by atoms with Gasteiger partial charge in [-0.05, 0) is 32.3 Å².